The zero-order valence-corrected chi connectivity index (χ0v) is 20.3. The van der Waals surface area contributed by atoms with E-state index in [1.807, 2.05) is 73.7 Å². The van der Waals surface area contributed by atoms with Crippen molar-refractivity contribution in [1.29, 1.82) is 0 Å². The van der Waals surface area contributed by atoms with E-state index in [2.05, 4.69) is 20.9 Å². The van der Waals surface area contributed by atoms with Gasteiger partial charge in [-0.15, -0.1) is 0 Å². The maximum absolute atomic E-state index is 13.4. The molecule has 1 atom stereocenters. The second-order valence-corrected chi connectivity index (χ2v) is 8.25. The van der Waals surface area contributed by atoms with Gasteiger partial charge in [0, 0.05) is 24.4 Å². The number of benzene rings is 2. The summed E-state index contributed by atoms with van der Waals surface area (Å²) < 4.78 is 1.51. The zero-order chi connectivity index (χ0) is 26.0. The van der Waals surface area contributed by atoms with Gasteiger partial charge in [-0.3, -0.25) is 19.2 Å². The molecule has 2 amide bonds. The van der Waals surface area contributed by atoms with Gasteiger partial charge in [0.25, 0.3) is 5.91 Å². The second-order valence-electron chi connectivity index (χ2n) is 8.25. The first kappa shape index (κ1) is 25.5. The molecule has 2 heterocycles. The van der Waals surface area contributed by atoms with Gasteiger partial charge < -0.3 is 5.32 Å². The quantitative estimate of drug-likeness (QED) is 0.187. The Morgan fingerprint density at radius 1 is 0.946 bits per heavy atom. The molecule has 0 saturated carbocycles. The molecule has 9 heteroatoms. The third-order valence-electron chi connectivity index (χ3n) is 5.51. The van der Waals surface area contributed by atoms with Crippen molar-refractivity contribution in [3.8, 4) is 17.1 Å². The lowest BCUT2D eigenvalue weighted by Gasteiger charge is -2.18. The number of amides is 2. The van der Waals surface area contributed by atoms with Gasteiger partial charge in [-0.2, -0.15) is 5.10 Å². The Kier molecular flexibility index (Phi) is 8.51. The fourth-order valence-electron chi connectivity index (χ4n) is 3.68. The highest BCUT2D eigenvalue weighted by Gasteiger charge is 2.29. The first-order valence-electron chi connectivity index (χ1n) is 11.9. The lowest BCUT2D eigenvalue weighted by atomic mass is 10.0. The summed E-state index contributed by atoms with van der Waals surface area (Å²) in [6, 6.07) is 22.7. The fraction of sp³-hybridized carbons (Fsp3) is 0.179. The molecule has 2 aromatic carbocycles. The van der Waals surface area contributed by atoms with Gasteiger partial charge >= 0.3 is 5.91 Å². The van der Waals surface area contributed by atoms with E-state index in [0.29, 0.717) is 12.2 Å². The third kappa shape index (κ3) is 6.53. The molecular weight excluding hydrogens is 470 g/mol. The first-order chi connectivity index (χ1) is 18.1. The van der Waals surface area contributed by atoms with Gasteiger partial charge in [0.1, 0.15) is 6.04 Å². The topological polar surface area (TPSA) is 115 Å². The Bertz CT molecular complexity index is 1360. The van der Waals surface area contributed by atoms with Crippen LogP contribution < -0.4 is 10.8 Å². The number of hydrogen-bond donors (Lipinski definition) is 2. The molecule has 0 unspecified atom stereocenters. The number of pyridine rings is 1. The maximum Gasteiger partial charge on any atom is 0.313 e. The van der Waals surface area contributed by atoms with Crippen molar-refractivity contribution in [2.45, 2.75) is 25.8 Å². The molecule has 0 aliphatic rings. The van der Waals surface area contributed by atoms with Crippen LogP contribution in [0.5, 0.6) is 0 Å². The van der Waals surface area contributed by atoms with Gasteiger partial charge in [0.05, 0.1) is 17.9 Å². The number of ketones is 1. The highest BCUT2D eigenvalue weighted by molar-refractivity contribution is 6.38. The van der Waals surface area contributed by atoms with Gasteiger partial charge in [-0.05, 0) is 30.2 Å². The smallest absolute Gasteiger partial charge is 0.313 e. The summed E-state index contributed by atoms with van der Waals surface area (Å²) in [5.74, 6) is -2.01. The number of Topliss-reactive ketones (excluding diaryl/α,β-unsaturated/α-hetero) is 1. The van der Waals surface area contributed by atoms with E-state index in [9.17, 15) is 14.4 Å². The van der Waals surface area contributed by atoms with Crippen molar-refractivity contribution in [2.24, 2.45) is 0 Å². The van der Waals surface area contributed by atoms with Crippen LogP contribution in [0.15, 0.2) is 91.3 Å². The second kappa shape index (κ2) is 12.4. The van der Waals surface area contributed by atoms with E-state index >= 15 is 0 Å². The predicted octanol–water partition coefficient (Wildman–Crippen LogP) is 3.30. The number of hydroxylamine groups is 1. The van der Waals surface area contributed by atoms with Crippen LogP contribution in [0.1, 0.15) is 29.3 Å². The zero-order valence-electron chi connectivity index (χ0n) is 20.3. The average Bonchev–Trinajstić information content (AvgIpc) is 3.44. The summed E-state index contributed by atoms with van der Waals surface area (Å²) in [5, 5.41) is 7.29. The highest BCUT2D eigenvalue weighted by atomic mass is 16.7. The highest BCUT2D eigenvalue weighted by Crippen LogP contribution is 2.19. The van der Waals surface area contributed by atoms with Gasteiger partial charge in [-0.1, -0.05) is 67.6 Å². The molecule has 37 heavy (non-hydrogen) atoms. The van der Waals surface area contributed by atoms with Crippen molar-refractivity contribution in [1.82, 2.24) is 25.6 Å². The van der Waals surface area contributed by atoms with E-state index in [0.717, 1.165) is 16.8 Å². The Hall–Kier alpha value is -4.63. The normalized spacial score (nSPS) is 11.5. The largest absolute Gasteiger partial charge is 0.341 e. The van der Waals surface area contributed by atoms with Crippen LogP contribution in [0.3, 0.4) is 0 Å². The van der Waals surface area contributed by atoms with Crippen LogP contribution in [0, 0.1) is 0 Å². The van der Waals surface area contributed by atoms with E-state index in [4.69, 9.17) is 4.84 Å². The minimum absolute atomic E-state index is 0.127. The Morgan fingerprint density at radius 2 is 1.68 bits per heavy atom. The van der Waals surface area contributed by atoms with Crippen molar-refractivity contribution in [3.63, 3.8) is 0 Å². The average molecular weight is 498 g/mol. The van der Waals surface area contributed by atoms with Gasteiger partial charge in [0.15, 0.2) is 5.82 Å². The number of rotatable bonds is 11. The molecule has 188 valence electrons. The molecule has 0 bridgehead atoms. The van der Waals surface area contributed by atoms with Crippen LogP contribution in [-0.4, -0.2) is 45.0 Å². The van der Waals surface area contributed by atoms with Crippen molar-refractivity contribution < 1.29 is 19.2 Å². The molecule has 0 aliphatic carbocycles. The van der Waals surface area contributed by atoms with E-state index < -0.39 is 23.6 Å². The minimum Gasteiger partial charge on any atom is -0.341 e. The number of nitrogens with zero attached hydrogens (tertiary/aromatic N) is 3. The summed E-state index contributed by atoms with van der Waals surface area (Å²) in [7, 11) is 0. The lowest BCUT2D eigenvalue weighted by molar-refractivity contribution is -0.146. The summed E-state index contributed by atoms with van der Waals surface area (Å²) in [6.45, 7) is 2.14. The van der Waals surface area contributed by atoms with E-state index in [1.54, 1.807) is 24.5 Å². The fourth-order valence-corrected chi connectivity index (χ4v) is 3.68. The molecule has 0 spiro atoms. The summed E-state index contributed by atoms with van der Waals surface area (Å²) in [4.78, 5) is 48.2. The molecule has 0 saturated heterocycles. The van der Waals surface area contributed by atoms with Gasteiger partial charge in [-0.25, -0.2) is 15.1 Å². The van der Waals surface area contributed by atoms with Crippen LogP contribution in [-0.2, 0) is 20.8 Å². The first-order valence-corrected chi connectivity index (χ1v) is 11.9. The standard InChI is InChI=1S/C28H27N5O4/c1-2-18-37-32-28(36)25(34)24(19-20-10-5-3-6-11-20)30-27(35)22-14-9-16-29-26(22)33-17-15-23(31-33)21-12-7-4-8-13-21/h3-17,24H,2,18-19H2,1H3,(H,30,35)(H,32,36)/t24-/m1/s1. The van der Waals surface area contributed by atoms with Crippen LogP contribution in [0.2, 0.25) is 0 Å². The number of carbonyl (C=O) groups is 3. The van der Waals surface area contributed by atoms with Crippen LogP contribution >= 0.6 is 0 Å². The number of aromatic nitrogens is 3. The molecule has 4 aromatic rings. The minimum atomic E-state index is -1.12. The van der Waals surface area contributed by atoms with Crippen molar-refractivity contribution in [2.75, 3.05) is 6.61 Å². The molecular formula is C28H27N5O4. The number of hydrogen-bond acceptors (Lipinski definition) is 6. The van der Waals surface area contributed by atoms with Crippen LogP contribution in [0.4, 0.5) is 0 Å². The van der Waals surface area contributed by atoms with Crippen LogP contribution in [0.25, 0.3) is 17.1 Å². The van der Waals surface area contributed by atoms with E-state index in [1.165, 1.54) is 4.68 Å². The molecule has 0 aliphatic heterocycles. The number of nitrogens with one attached hydrogen (secondary N) is 2. The molecule has 9 nitrogen and oxygen atoms in total. The predicted molar refractivity (Wildman–Crippen MR) is 138 cm³/mol. The Morgan fingerprint density at radius 3 is 2.41 bits per heavy atom. The summed E-state index contributed by atoms with van der Waals surface area (Å²) in [5.41, 5.74) is 4.79. The molecule has 0 radical (unpaired) electrons. The molecule has 0 fully saturated rings. The van der Waals surface area contributed by atoms with E-state index in [-0.39, 0.29) is 18.6 Å². The molecule has 2 N–H and O–H groups in total. The van der Waals surface area contributed by atoms with Crippen molar-refractivity contribution in [3.05, 3.63) is 102 Å². The molecule has 2 aromatic heterocycles. The third-order valence-corrected chi connectivity index (χ3v) is 5.51. The van der Waals surface area contributed by atoms with Gasteiger partial charge in [0.2, 0.25) is 5.78 Å². The monoisotopic (exact) mass is 497 g/mol. The summed E-state index contributed by atoms with van der Waals surface area (Å²) in [6.07, 6.45) is 4.07. The Balaban J connectivity index is 1.58. The lowest BCUT2D eigenvalue weighted by Crippen LogP contribution is -2.48. The Labute approximate surface area is 214 Å². The number of carbonyl (C=O) groups excluding carboxylic acids is 3. The SMILES string of the molecule is CCCONC(=O)C(=O)[C@@H](Cc1ccccc1)NC(=O)c1cccnc1-n1ccc(-c2ccccc2)n1. The van der Waals surface area contributed by atoms with Crippen molar-refractivity contribution >= 4 is 17.6 Å². The maximum atomic E-state index is 13.4. The molecule has 4 rings (SSSR count). The summed E-state index contributed by atoms with van der Waals surface area (Å²) >= 11 is 0.